The predicted octanol–water partition coefficient (Wildman–Crippen LogP) is 3.36. The first-order chi connectivity index (χ1) is 12.7. The second-order valence-electron chi connectivity index (χ2n) is 5.34. The van der Waals surface area contributed by atoms with Crippen molar-refractivity contribution in [1.29, 1.82) is 0 Å². The van der Waals surface area contributed by atoms with Crippen LogP contribution in [0.2, 0.25) is 0 Å². The lowest BCUT2D eigenvalue weighted by molar-refractivity contribution is 0.324. The molecule has 0 bridgehead atoms. The number of methoxy groups -OCH3 is 3. The summed E-state index contributed by atoms with van der Waals surface area (Å²) < 4.78 is 23.5. The summed E-state index contributed by atoms with van der Waals surface area (Å²) in [5, 5.41) is 4.36. The Bertz CT molecular complexity index is 867. The van der Waals surface area contributed by atoms with Crippen molar-refractivity contribution in [2.45, 2.75) is 6.92 Å². The average molecular weight is 355 g/mol. The van der Waals surface area contributed by atoms with Gasteiger partial charge in [-0.05, 0) is 19.1 Å². The molecule has 1 aromatic heterocycles. The van der Waals surface area contributed by atoms with Crippen LogP contribution in [0.15, 0.2) is 42.7 Å². The van der Waals surface area contributed by atoms with Gasteiger partial charge < -0.3 is 18.9 Å². The summed E-state index contributed by atoms with van der Waals surface area (Å²) in [6.07, 6.45) is 1.51. The highest BCUT2D eigenvalue weighted by molar-refractivity contribution is 5.63. The van der Waals surface area contributed by atoms with Gasteiger partial charge >= 0.3 is 0 Å². The van der Waals surface area contributed by atoms with Crippen LogP contribution in [0.1, 0.15) is 6.92 Å². The quantitative estimate of drug-likeness (QED) is 0.647. The van der Waals surface area contributed by atoms with Gasteiger partial charge in [-0.15, -0.1) is 0 Å². The van der Waals surface area contributed by atoms with Crippen LogP contribution in [0.3, 0.4) is 0 Å². The van der Waals surface area contributed by atoms with Crippen LogP contribution in [0.4, 0.5) is 0 Å². The molecular formula is C19H21N3O4. The highest BCUT2D eigenvalue weighted by atomic mass is 16.5. The van der Waals surface area contributed by atoms with E-state index in [9.17, 15) is 0 Å². The fraction of sp³-hybridized carbons (Fsp3) is 0.263. The normalized spacial score (nSPS) is 10.5. The lowest BCUT2D eigenvalue weighted by Gasteiger charge is -2.15. The third kappa shape index (κ3) is 3.28. The van der Waals surface area contributed by atoms with Gasteiger partial charge in [-0.1, -0.05) is 12.1 Å². The number of hydrogen-bond acceptors (Lipinski definition) is 6. The van der Waals surface area contributed by atoms with E-state index in [0.29, 0.717) is 29.7 Å². The third-order valence-electron chi connectivity index (χ3n) is 3.85. The summed E-state index contributed by atoms with van der Waals surface area (Å²) in [6.45, 7) is 2.55. The largest absolute Gasteiger partial charge is 0.494 e. The Morgan fingerprint density at radius 3 is 2.31 bits per heavy atom. The molecule has 3 aromatic rings. The van der Waals surface area contributed by atoms with Gasteiger partial charge in [0.1, 0.15) is 12.1 Å². The zero-order chi connectivity index (χ0) is 18.5. The molecule has 2 aromatic carbocycles. The number of hydrogen-bond donors (Lipinski definition) is 0. The molecule has 0 atom stereocenters. The highest BCUT2D eigenvalue weighted by Crippen LogP contribution is 2.39. The summed E-state index contributed by atoms with van der Waals surface area (Å²) in [6, 6.07) is 11.4. The number of nitrogens with zero attached hydrogens (tertiary/aromatic N) is 3. The van der Waals surface area contributed by atoms with Crippen LogP contribution >= 0.6 is 0 Å². The maximum atomic E-state index is 5.58. The van der Waals surface area contributed by atoms with E-state index in [-0.39, 0.29) is 0 Å². The van der Waals surface area contributed by atoms with E-state index in [2.05, 4.69) is 10.1 Å². The molecular weight excluding hydrogens is 334 g/mol. The van der Waals surface area contributed by atoms with Crippen molar-refractivity contribution in [3.63, 3.8) is 0 Å². The molecule has 0 N–H and O–H groups in total. The van der Waals surface area contributed by atoms with Gasteiger partial charge in [0.2, 0.25) is 5.75 Å². The van der Waals surface area contributed by atoms with E-state index < -0.39 is 0 Å². The monoisotopic (exact) mass is 355 g/mol. The van der Waals surface area contributed by atoms with Gasteiger partial charge in [0.15, 0.2) is 17.3 Å². The summed E-state index contributed by atoms with van der Waals surface area (Å²) >= 11 is 0. The second-order valence-corrected chi connectivity index (χ2v) is 5.34. The first-order valence-corrected chi connectivity index (χ1v) is 8.15. The molecule has 0 aliphatic heterocycles. The minimum Gasteiger partial charge on any atom is -0.494 e. The van der Waals surface area contributed by atoms with E-state index in [1.165, 1.54) is 6.33 Å². The van der Waals surface area contributed by atoms with Gasteiger partial charge in [0, 0.05) is 17.7 Å². The minimum absolute atomic E-state index is 0.527. The van der Waals surface area contributed by atoms with Crippen molar-refractivity contribution in [3.8, 4) is 40.1 Å². The Kier molecular flexibility index (Phi) is 5.26. The fourth-order valence-electron chi connectivity index (χ4n) is 2.71. The van der Waals surface area contributed by atoms with Crippen molar-refractivity contribution < 1.29 is 18.9 Å². The molecule has 7 heteroatoms. The van der Waals surface area contributed by atoms with Crippen molar-refractivity contribution in [3.05, 3.63) is 42.7 Å². The zero-order valence-electron chi connectivity index (χ0n) is 15.2. The van der Waals surface area contributed by atoms with Gasteiger partial charge in [0.25, 0.3) is 0 Å². The number of benzene rings is 2. The van der Waals surface area contributed by atoms with E-state index in [1.54, 1.807) is 26.0 Å². The Morgan fingerprint density at radius 1 is 0.962 bits per heavy atom. The minimum atomic E-state index is 0.527. The molecule has 0 saturated carbocycles. The Labute approximate surface area is 152 Å². The van der Waals surface area contributed by atoms with Crippen molar-refractivity contribution in [2.24, 2.45) is 0 Å². The second kappa shape index (κ2) is 7.77. The predicted molar refractivity (Wildman–Crippen MR) is 97.6 cm³/mol. The maximum absolute atomic E-state index is 5.58. The van der Waals surface area contributed by atoms with Gasteiger partial charge in [-0.3, -0.25) is 0 Å². The molecule has 136 valence electrons. The summed E-state index contributed by atoms with van der Waals surface area (Å²) in [7, 11) is 4.73. The lowest BCUT2D eigenvalue weighted by atomic mass is 10.2. The van der Waals surface area contributed by atoms with E-state index >= 15 is 0 Å². The number of rotatable bonds is 7. The molecule has 1 heterocycles. The molecule has 0 saturated heterocycles. The van der Waals surface area contributed by atoms with Crippen molar-refractivity contribution in [2.75, 3.05) is 27.9 Å². The summed E-state index contributed by atoms with van der Waals surface area (Å²) in [4.78, 5) is 4.40. The number of ether oxygens (including phenoxy) is 4. The Hall–Kier alpha value is -3.22. The van der Waals surface area contributed by atoms with E-state index in [4.69, 9.17) is 18.9 Å². The molecule has 0 unspecified atom stereocenters. The van der Waals surface area contributed by atoms with Crippen LogP contribution in [0.25, 0.3) is 17.1 Å². The van der Waals surface area contributed by atoms with Crippen LogP contribution < -0.4 is 18.9 Å². The number of aromatic nitrogens is 3. The molecule has 0 amide bonds. The first kappa shape index (κ1) is 17.6. The van der Waals surface area contributed by atoms with Crippen LogP contribution in [-0.2, 0) is 0 Å². The van der Waals surface area contributed by atoms with Gasteiger partial charge in [-0.25, -0.2) is 9.67 Å². The Balaban J connectivity index is 2.10. The topological polar surface area (TPSA) is 67.6 Å². The van der Waals surface area contributed by atoms with Crippen molar-refractivity contribution >= 4 is 0 Å². The van der Waals surface area contributed by atoms with Crippen molar-refractivity contribution in [1.82, 2.24) is 14.8 Å². The van der Waals surface area contributed by atoms with Gasteiger partial charge in [-0.2, -0.15) is 5.10 Å². The molecule has 3 rings (SSSR count). The fourth-order valence-corrected chi connectivity index (χ4v) is 2.71. The molecule has 0 fully saturated rings. The van der Waals surface area contributed by atoms with Gasteiger partial charge in [0.05, 0.1) is 33.6 Å². The van der Waals surface area contributed by atoms with E-state index in [1.807, 2.05) is 43.3 Å². The molecule has 0 spiro atoms. The van der Waals surface area contributed by atoms with Crippen LogP contribution in [0.5, 0.6) is 23.0 Å². The molecule has 26 heavy (non-hydrogen) atoms. The SMILES string of the molecule is CCOc1cccc(-c2ncnn2-c2cc(OC)c(OC)c(OC)c2)c1. The smallest absolute Gasteiger partial charge is 0.203 e. The van der Waals surface area contributed by atoms with E-state index in [0.717, 1.165) is 17.0 Å². The van der Waals surface area contributed by atoms with Crippen LogP contribution in [-0.4, -0.2) is 42.7 Å². The molecule has 0 aliphatic rings. The molecule has 7 nitrogen and oxygen atoms in total. The Morgan fingerprint density at radius 2 is 1.69 bits per heavy atom. The first-order valence-electron chi connectivity index (χ1n) is 8.15. The summed E-state index contributed by atoms with van der Waals surface area (Å²) in [5.74, 6) is 3.08. The molecule has 0 aliphatic carbocycles. The maximum Gasteiger partial charge on any atom is 0.203 e. The third-order valence-corrected chi connectivity index (χ3v) is 3.85. The van der Waals surface area contributed by atoms with Crippen LogP contribution in [0, 0.1) is 0 Å². The zero-order valence-corrected chi connectivity index (χ0v) is 15.2. The lowest BCUT2D eigenvalue weighted by Crippen LogP contribution is -2.03. The standard InChI is InChI=1S/C19H21N3O4/c1-5-26-15-8-6-7-13(9-15)19-20-12-21-22(19)14-10-16(23-2)18(25-4)17(11-14)24-3/h6-12H,5H2,1-4H3. The molecule has 0 radical (unpaired) electrons. The average Bonchev–Trinajstić information content (AvgIpc) is 3.17. The highest BCUT2D eigenvalue weighted by Gasteiger charge is 2.17. The summed E-state index contributed by atoms with van der Waals surface area (Å²) in [5.41, 5.74) is 1.64.